The number of aryl methyl sites for hydroxylation is 1. The number of nitrogens with zero attached hydrogens (tertiary/aromatic N) is 1. The van der Waals surface area contributed by atoms with Crippen molar-refractivity contribution in [2.24, 2.45) is 0 Å². The van der Waals surface area contributed by atoms with Crippen LogP contribution in [0.5, 0.6) is 0 Å². The first-order valence-electron chi connectivity index (χ1n) is 6.01. The summed E-state index contributed by atoms with van der Waals surface area (Å²) in [4.78, 5) is 16.0. The number of hydrogen-bond donors (Lipinski definition) is 1. The van der Waals surface area contributed by atoms with Crippen LogP contribution in [-0.4, -0.2) is 16.1 Å². The molecule has 4 nitrogen and oxygen atoms in total. The third-order valence-electron chi connectivity index (χ3n) is 2.92. The minimum Gasteiger partial charge on any atom is -0.475 e. The number of carboxylic acids is 1. The first-order valence-corrected chi connectivity index (χ1v) is 6.82. The summed E-state index contributed by atoms with van der Waals surface area (Å²) in [6.07, 6.45) is 0.477. The lowest BCUT2D eigenvalue weighted by Crippen LogP contribution is -1.98. The Kier molecular flexibility index (Phi) is 3.02. The Hall–Kier alpha value is -2.21. The molecule has 3 rings (SSSR count). The van der Waals surface area contributed by atoms with Crippen LogP contribution in [0.25, 0.3) is 20.9 Å². The molecule has 102 valence electrons. The number of rotatable bonds is 3. The first kappa shape index (κ1) is 12.8. The molecule has 20 heavy (non-hydrogen) atoms. The fourth-order valence-electron chi connectivity index (χ4n) is 1.97. The number of hydrogen-bond acceptors (Lipinski definition) is 4. The van der Waals surface area contributed by atoms with Crippen LogP contribution in [0.15, 0.2) is 28.7 Å². The van der Waals surface area contributed by atoms with Gasteiger partial charge in [-0.25, -0.2) is 14.2 Å². The van der Waals surface area contributed by atoms with Crippen molar-refractivity contribution >= 4 is 27.4 Å². The molecule has 0 atom stereocenters. The minimum atomic E-state index is -1.13. The number of halogens is 1. The largest absolute Gasteiger partial charge is 0.475 e. The topological polar surface area (TPSA) is 63.3 Å². The van der Waals surface area contributed by atoms with Crippen LogP contribution in [0.3, 0.4) is 0 Å². The number of carboxylic acid groups (broad SMARTS) is 1. The van der Waals surface area contributed by atoms with E-state index in [-0.39, 0.29) is 17.5 Å². The first-order chi connectivity index (χ1) is 9.58. The number of carbonyl (C=O) groups is 1. The average Bonchev–Trinajstić information content (AvgIpc) is 3.00. The zero-order valence-electron chi connectivity index (χ0n) is 10.5. The normalized spacial score (nSPS) is 11.1. The van der Waals surface area contributed by atoms with Gasteiger partial charge in [-0.3, -0.25) is 0 Å². The molecular formula is C14H10FNO3S. The van der Waals surface area contributed by atoms with Crippen LogP contribution in [0.1, 0.15) is 23.2 Å². The summed E-state index contributed by atoms with van der Waals surface area (Å²) in [5, 5.41) is 9.93. The van der Waals surface area contributed by atoms with E-state index >= 15 is 0 Å². The number of fused-ring (bicyclic) bond motifs is 1. The predicted molar refractivity (Wildman–Crippen MR) is 73.6 cm³/mol. The van der Waals surface area contributed by atoms with Crippen molar-refractivity contribution in [1.82, 2.24) is 4.98 Å². The van der Waals surface area contributed by atoms with E-state index in [1.807, 2.05) is 13.0 Å². The van der Waals surface area contributed by atoms with Gasteiger partial charge in [-0.05, 0) is 30.0 Å². The number of oxazole rings is 1. The Labute approximate surface area is 117 Å². The van der Waals surface area contributed by atoms with Crippen molar-refractivity contribution in [3.63, 3.8) is 0 Å². The molecule has 1 aromatic carbocycles. The Bertz CT molecular complexity index is 806. The van der Waals surface area contributed by atoms with E-state index in [0.717, 1.165) is 10.1 Å². The standard InChI is InChI=1S/C14H10FNO3S/c1-2-9-12(14(17)18)19-13(16-9)11-5-7-3-4-8(15)6-10(7)20-11/h3-6H,2H2,1H3,(H,17,18). The molecule has 3 aromatic rings. The van der Waals surface area contributed by atoms with Gasteiger partial charge in [0.15, 0.2) is 0 Å². The van der Waals surface area contributed by atoms with E-state index in [0.29, 0.717) is 17.0 Å². The van der Waals surface area contributed by atoms with E-state index in [1.54, 1.807) is 6.07 Å². The van der Waals surface area contributed by atoms with Crippen molar-refractivity contribution in [2.75, 3.05) is 0 Å². The van der Waals surface area contributed by atoms with Crippen molar-refractivity contribution in [2.45, 2.75) is 13.3 Å². The second-order valence-corrected chi connectivity index (χ2v) is 5.33. The fourth-order valence-corrected chi connectivity index (χ4v) is 2.99. The van der Waals surface area contributed by atoms with Crippen molar-refractivity contribution < 1.29 is 18.7 Å². The molecule has 0 spiro atoms. The zero-order chi connectivity index (χ0) is 14.3. The van der Waals surface area contributed by atoms with Gasteiger partial charge >= 0.3 is 5.97 Å². The van der Waals surface area contributed by atoms with Gasteiger partial charge in [0.05, 0.1) is 10.6 Å². The van der Waals surface area contributed by atoms with E-state index in [1.165, 1.54) is 23.5 Å². The summed E-state index contributed by atoms with van der Waals surface area (Å²) in [5.74, 6) is -1.31. The van der Waals surface area contributed by atoms with Crippen LogP contribution < -0.4 is 0 Å². The summed E-state index contributed by atoms with van der Waals surface area (Å²) in [6.45, 7) is 1.81. The van der Waals surface area contributed by atoms with Crippen molar-refractivity contribution in [3.05, 3.63) is 41.5 Å². The maximum Gasteiger partial charge on any atom is 0.373 e. The molecule has 1 N–H and O–H groups in total. The molecule has 0 radical (unpaired) electrons. The Morgan fingerprint density at radius 2 is 2.25 bits per heavy atom. The number of aromatic nitrogens is 1. The lowest BCUT2D eigenvalue weighted by molar-refractivity contribution is 0.0662. The molecule has 0 unspecified atom stereocenters. The smallest absolute Gasteiger partial charge is 0.373 e. The molecule has 2 heterocycles. The highest BCUT2D eigenvalue weighted by molar-refractivity contribution is 7.22. The van der Waals surface area contributed by atoms with Gasteiger partial charge in [-0.15, -0.1) is 11.3 Å². The van der Waals surface area contributed by atoms with Gasteiger partial charge < -0.3 is 9.52 Å². The minimum absolute atomic E-state index is 0.133. The maximum absolute atomic E-state index is 13.2. The summed E-state index contributed by atoms with van der Waals surface area (Å²) in [6, 6.07) is 6.31. The Morgan fingerprint density at radius 1 is 1.45 bits per heavy atom. The molecular weight excluding hydrogens is 281 g/mol. The predicted octanol–water partition coefficient (Wildman–Crippen LogP) is 3.96. The summed E-state index contributed by atoms with van der Waals surface area (Å²) >= 11 is 1.32. The lowest BCUT2D eigenvalue weighted by Gasteiger charge is -1.88. The molecule has 0 aliphatic heterocycles. The van der Waals surface area contributed by atoms with E-state index in [2.05, 4.69) is 4.98 Å². The van der Waals surface area contributed by atoms with Crippen LogP contribution in [0.2, 0.25) is 0 Å². The second kappa shape index (κ2) is 4.72. The van der Waals surface area contributed by atoms with Crippen LogP contribution in [0, 0.1) is 5.82 Å². The molecule has 0 aliphatic rings. The number of benzene rings is 1. The summed E-state index contributed by atoms with van der Waals surface area (Å²) in [5.41, 5.74) is 0.413. The summed E-state index contributed by atoms with van der Waals surface area (Å²) < 4.78 is 19.3. The molecule has 0 saturated carbocycles. The van der Waals surface area contributed by atoms with Gasteiger partial charge in [0, 0.05) is 4.70 Å². The van der Waals surface area contributed by atoms with Gasteiger partial charge in [-0.1, -0.05) is 13.0 Å². The maximum atomic E-state index is 13.2. The highest BCUT2D eigenvalue weighted by Gasteiger charge is 2.20. The van der Waals surface area contributed by atoms with Crippen LogP contribution >= 0.6 is 11.3 Å². The number of thiophene rings is 1. The molecule has 0 fully saturated rings. The average molecular weight is 291 g/mol. The van der Waals surface area contributed by atoms with Gasteiger partial charge in [0.1, 0.15) is 5.82 Å². The third-order valence-corrected chi connectivity index (χ3v) is 4.01. The molecule has 0 bridgehead atoms. The van der Waals surface area contributed by atoms with Crippen LogP contribution in [-0.2, 0) is 6.42 Å². The third kappa shape index (κ3) is 2.08. The Morgan fingerprint density at radius 3 is 2.90 bits per heavy atom. The molecule has 0 amide bonds. The highest BCUT2D eigenvalue weighted by atomic mass is 32.1. The Balaban J connectivity index is 2.13. The lowest BCUT2D eigenvalue weighted by atomic mass is 10.2. The fraction of sp³-hybridized carbons (Fsp3) is 0.143. The monoisotopic (exact) mass is 291 g/mol. The van der Waals surface area contributed by atoms with Gasteiger partial charge in [0.25, 0.3) is 0 Å². The van der Waals surface area contributed by atoms with Crippen molar-refractivity contribution in [1.29, 1.82) is 0 Å². The van der Waals surface area contributed by atoms with E-state index in [9.17, 15) is 9.18 Å². The summed E-state index contributed by atoms with van der Waals surface area (Å²) in [7, 11) is 0. The van der Waals surface area contributed by atoms with E-state index in [4.69, 9.17) is 9.52 Å². The molecule has 0 saturated heterocycles. The molecule has 0 aliphatic carbocycles. The zero-order valence-corrected chi connectivity index (χ0v) is 11.3. The van der Waals surface area contributed by atoms with Gasteiger partial charge in [0.2, 0.25) is 11.7 Å². The van der Waals surface area contributed by atoms with E-state index < -0.39 is 5.97 Å². The van der Waals surface area contributed by atoms with Crippen LogP contribution in [0.4, 0.5) is 4.39 Å². The SMILES string of the molecule is CCc1nc(-c2cc3ccc(F)cc3s2)oc1C(=O)O. The highest BCUT2D eigenvalue weighted by Crippen LogP contribution is 2.34. The quantitative estimate of drug-likeness (QED) is 0.793. The van der Waals surface area contributed by atoms with Gasteiger partial charge in [-0.2, -0.15) is 0 Å². The van der Waals surface area contributed by atoms with Crippen molar-refractivity contribution in [3.8, 4) is 10.8 Å². The molecule has 2 aromatic heterocycles. The number of aromatic carboxylic acids is 1. The molecule has 6 heteroatoms. The second-order valence-electron chi connectivity index (χ2n) is 4.25.